The minimum atomic E-state index is -0.527. The Morgan fingerprint density at radius 2 is 1.81 bits per heavy atom. The van der Waals surface area contributed by atoms with Crippen LogP contribution < -0.4 is 10.7 Å². The SMILES string of the molecule is CC(CC(=O)Nc1ccccc1C(C)C)=NNC(=O)c1cccc(C)c1O. The van der Waals surface area contributed by atoms with E-state index < -0.39 is 5.91 Å². The largest absolute Gasteiger partial charge is 0.507 e. The maximum atomic E-state index is 12.3. The Hall–Kier alpha value is -3.15. The van der Waals surface area contributed by atoms with E-state index in [-0.39, 0.29) is 29.6 Å². The van der Waals surface area contributed by atoms with Crippen LogP contribution in [0.1, 0.15) is 54.6 Å². The Balaban J connectivity index is 1.98. The second-order valence-electron chi connectivity index (χ2n) is 6.73. The van der Waals surface area contributed by atoms with Crippen LogP contribution in [0.25, 0.3) is 0 Å². The summed E-state index contributed by atoms with van der Waals surface area (Å²) in [5.41, 5.74) is 5.41. The summed E-state index contributed by atoms with van der Waals surface area (Å²) in [7, 11) is 0. The Morgan fingerprint density at radius 1 is 1.11 bits per heavy atom. The van der Waals surface area contributed by atoms with Gasteiger partial charge in [-0.15, -0.1) is 0 Å². The molecule has 6 heteroatoms. The summed E-state index contributed by atoms with van der Waals surface area (Å²) in [6.07, 6.45) is 0.0481. The number of aromatic hydroxyl groups is 1. The van der Waals surface area contributed by atoms with Gasteiger partial charge in [0.05, 0.1) is 12.0 Å². The maximum Gasteiger partial charge on any atom is 0.275 e. The first-order valence-corrected chi connectivity index (χ1v) is 8.80. The number of rotatable bonds is 6. The van der Waals surface area contributed by atoms with Gasteiger partial charge < -0.3 is 10.4 Å². The van der Waals surface area contributed by atoms with Gasteiger partial charge in [-0.3, -0.25) is 9.59 Å². The van der Waals surface area contributed by atoms with Crippen LogP contribution in [-0.2, 0) is 4.79 Å². The standard InChI is InChI=1S/C21H25N3O3/c1-13(2)16-9-5-6-11-18(16)22-19(25)12-15(4)23-24-21(27)17-10-7-8-14(3)20(17)26/h5-11,13,26H,12H2,1-4H3,(H,22,25)(H,24,27). The van der Waals surface area contributed by atoms with Gasteiger partial charge in [0.1, 0.15) is 5.75 Å². The minimum Gasteiger partial charge on any atom is -0.507 e. The average Bonchev–Trinajstić information content (AvgIpc) is 2.62. The van der Waals surface area contributed by atoms with Crippen LogP contribution in [0.5, 0.6) is 5.75 Å². The molecule has 0 aliphatic rings. The first-order chi connectivity index (χ1) is 12.8. The van der Waals surface area contributed by atoms with Gasteiger partial charge in [-0.1, -0.05) is 44.2 Å². The van der Waals surface area contributed by atoms with Gasteiger partial charge >= 0.3 is 0 Å². The van der Waals surface area contributed by atoms with Crippen LogP contribution in [0.3, 0.4) is 0 Å². The molecule has 0 aliphatic carbocycles. The summed E-state index contributed by atoms with van der Waals surface area (Å²) < 4.78 is 0. The molecule has 2 amide bonds. The lowest BCUT2D eigenvalue weighted by molar-refractivity contribution is -0.115. The fraction of sp³-hybridized carbons (Fsp3) is 0.286. The number of para-hydroxylation sites is 2. The van der Waals surface area contributed by atoms with Crippen molar-refractivity contribution >= 4 is 23.2 Å². The van der Waals surface area contributed by atoms with Crippen LogP contribution in [0.15, 0.2) is 47.6 Å². The van der Waals surface area contributed by atoms with Crippen molar-refractivity contribution < 1.29 is 14.7 Å². The lowest BCUT2D eigenvalue weighted by Crippen LogP contribution is -2.22. The first-order valence-electron chi connectivity index (χ1n) is 8.80. The topological polar surface area (TPSA) is 90.8 Å². The van der Waals surface area contributed by atoms with Crippen LogP contribution in [0.4, 0.5) is 5.69 Å². The maximum absolute atomic E-state index is 12.3. The van der Waals surface area contributed by atoms with Crippen molar-refractivity contribution in [3.63, 3.8) is 0 Å². The zero-order valence-corrected chi connectivity index (χ0v) is 16.0. The number of phenolic OH excluding ortho intramolecular Hbond substituents is 1. The molecular formula is C21H25N3O3. The molecule has 0 bridgehead atoms. The molecule has 0 aliphatic heterocycles. The van der Waals surface area contributed by atoms with Crippen molar-refractivity contribution in [1.29, 1.82) is 0 Å². The van der Waals surface area contributed by atoms with Crippen LogP contribution in [-0.4, -0.2) is 22.6 Å². The van der Waals surface area contributed by atoms with Gasteiger partial charge in [0.15, 0.2) is 0 Å². The predicted molar refractivity (Wildman–Crippen MR) is 107 cm³/mol. The number of carbonyl (C=O) groups excluding carboxylic acids is 2. The summed E-state index contributed by atoms with van der Waals surface area (Å²) in [6, 6.07) is 12.6. The molecule has 0 saturated carbocycles. The van der Waals surface area contributed by atoms with Crippen molar-refractivity contribution in [3.05, 3.63) is 59.2 Å². The molecule has 0 unspecified atom stereocenters. The molecular weight excluding hydrogens is 342 g/mol. The van der Waals surface area contributed by atoms with E-state index in [1.165, 1.54) is 6.07 Å². The first kappa shape index (κ1) is 20.2. The minimum absolute atomic E-state index is 0.0481. The molecule has 0 aromatic heterocycles. The number of aryl methyl sites for hydroxylation is 1. The molecule has 142 valence electrons. The number of hydrogen-bond donors (Lipinski definition) is 3. The average molecular weight is 367 g/mol. The Morgan fingerprint density at radius 3 is 2.52 bits per heavy atom. The smallest absolute Gasteiger partial charge is 0.275 e. The third-order valence-corrected chi connectivity index (χ3v) is 4.10. The molecule has 2 aromatic rings. The number of hydrazone groups is 1. The second-order valence-corrected chi connectivity index (χ2v) is 6.73. The number of benzene rings is 2. The zero-order valence-electron chi connectivity index (χ0n) is 16.0. The Labute approximate surface area is 159 Å². The van der Waals surface area contributed by atoms with E-state index in [2.05, 4.69) is 29.7 Å². The highest BCUT2D eigenvalue weighted by Crippen LogP contribution is 2.24. The fourth-order valence-corrected chi connectivity index (χ4v) is 2.63. The lowest BCUT2D eigenvalue weighted by Gasteiger charge is -2.13. The third kappa shape index (κ3) is 5.41. The monoisotopic (exact) mass is 367 g/mol. The predicted octanol–water partition coefficient (Wildman–Crippen LogP) is 3.96. The van der Waals surface area contributed by atoms with E-state index in [9.17, 15) is 14.7 Å². The molecule has 0 spiro atoms. The summed E-state index contributed by atoms with van der Waals surface area (Å²) in [5.74, 6) is -0.526. The Kier molecular flexibility index (Phi) is 6.71. The van der Waals surface area contributed by atoms with Crippen molar-refractivity contribution in [2.24, 2.45) is 5.10 Å². The van der Waals surface area contributed by atoms with Crippen molar-refractivity contribution in [2.45, 2.75) is 40.0 Å². The highest BCUT2D eigenvalue weighted by atomic mass is 16.3. The number of anilines is 1. The highest BCUT2D eigenvalue weighted by Gasteiger charge is 2.13. The van der Waals surface area contributed by atoms with Crippen LogP contribution >= 0.6 is 0 Å². The summed E-state index contributed by atoms with van der Waals surface area (Å²) in [4.78, 5) is 24.4. The van der Waals surface area contributed by atoms with Crippen molar-refractivity contribution in [2.75, 3.05) is 5.32 Å². The number of hydrogen-bond acceptors (Lipinski definition) is 4. The summed E-state index contributed by atoms with van der Waals surface area (Å²) in [6.45, 7) is 7.49. The molecule has 0 heterocycles. The van der Waals surface area contributed by atoms with Gasteiger partial charge in [-0.2, -0.15) is 5.10 Å². The van der Waals surface area contributed by atoms with E-state index in [0.717, 1.165) is 11.3 Å². The van der Waals surface area contributed by atoms with Gasteiger partial charge in [0, 0.05) is 11.4 Å². The van der Waals surface area contributed by atoms with Crippen LogP contribution in [0.2, 0.25) is 0 Å². The van der Waals surface area contributed by atoms with E-state index in [1.54, 1.807) is 26.0 Å². The fourth-order valence-electron chi connectivity index (χ4n) is 2.63. The number of carbonyl (C=O) groups is 2. The molecule has 3 N–H and O–H groups in total. The number of amides is 2. The third-order valence-electron chi connectivity index (χ3n) is 4.10. The second kappa shape index (κ2) is 8.98. The number of nitrogens with one attached hydrogen (secondary N) is 2. The van der Waals surface area contributed by atoms with E-state index in [0.29, 0.717) is 11.3 Å². The molecule has 0 fully saturated rings. The molecule has 27 heavy (non-hydrogen) atoms. The van der Waals surface area contributed by atoms with Gasteiger partial charge in [0.2, 0.25) is 5.91 Å². The van der Waals surface area contributed by atoms with E-state index in [1.807, 2.05) is 24.3 Å². The number of phenols is 1. The Bertz CT molecular complexity index is 873. The molecule has 2 rings (SSSR count). The van der Waals surface area contributed by atoms with E-state index >= 15 is 0 Å². The molecule has 6 nitrogen and oxygen atoms in total. The summed E-state index contributed by atoms with van der Waals surface area (Å²) in [5, 5.41) is 16.8. The van der Waals surface area contributed by atoms with Gasteiger partial charge in [-0.05, 0) is 43.0 Å². The van der Waals surface area contributed by atoms with E-state index in [4.69, 9.17) is 0 Å². The summed E-state index contributed by atoms with van der Waals surface area (Å²) >= 11 is 0. The normalized spacial score (nSPS) is 11.4. The van der Waals surface area contributed by atoms with Crippen molar-refractivity contribution in [1.82, 2.24) is 5.43 Å². The highest BCUT2D eigenvalue weighted by molar-refractivity contribution is 6.06. The zero-order chi connectivity index (χ0) is 20.0. The molecule has 0 radical (unpaired) electrons. The van der Waals surface area contributed by atoms with Crippen LogP contribution in [0, 0.1) is 6.92 Å². The van der Waals surface area contributed by atoms with Gasteiger partial charge in [0.25, 0.3) is 5.91 Å². The van der Waals surface area contributed by atoms with Crippen molar-refractivity contribution in [3.8, 4) is 5.75 Å². The molecule has 2 aromatic carbocycles. The molecule has 0 saturated heterocycles. The quantitative estimate of drug-likeness (QED) is 0.533. The molecule has 0 atom stereocenters. The number of nitrogens with zero attached hydrogens (tertiary/aromatic N) is 1. The van der Waals surface area contributed by atoms with Gasteiger partial charge in [-0.25, -0.2) is 5.43 Å². The lowest BCUT2D eigenvalue weighted by atomic mass is 10.0.